The monoisotopic (exact) mass is 516 g/mol. The third kappa shape index (κ3) is 7.38. The van der Waals surface area contributed by atoms with Crippen LogP contribution in [-0.2, 0) is 9.47 Å². The van der Waals surface area contributed by atoms with Crippen molar-refractivity contribution in [2.75, 3.05) is 59.6 Å². The molecular formula is C22H37IN4O2. The minimum atomic E-state index is 0. The molecule has 0 aromatic heterocycles. The Balaban J connectivity index is 0.00000300. The molecule has 1 heterocycles. The van der Waals surface area contributed by atoms with Crippen LogP contribution in [0.3, 0.4) is 0 Å². The second-order valence-corrected chi connectivity index (χ2v) is 7.66. The van der Waals surface area contributed by atoms with Crippen molar-refractivity contribution in [2.45, 2.75) is 38.8 Å². The summed E-state index contributed by atoms with van der Waals surface area (Å²) in [6.07, 6.45) is 2.73. The molecule has 1 unspecified atom stereocenters. The lowest BCUT2D eigenvalue weighted by atomic mass is 10.0. The van der Waals surface area contributed by atoms with Crippen LogP contribution in [0.5, 0.6) is 0 Å². The number of nitrogens with one attached hydrogen (secondary N) is 1. The van der Waals surface area contributed by atoms with Gasteiger partial charge in [0.2, 0.25) is 0 Å². The molecule has 1 N–H and O–H groups in total. The molecule has 29 heavy (non-hydrogen) atoms. The van der Waals surface area contributed by atoms with Crippen molar-refractivity contribution in [3.8, 4) is 0 Å². The van der Waals surface area contributed by atoms with E-state index in [2.05, 4.69) is 53.2 Å². The molecule has 1 atom stereocenters. The van der Waals surface area contributed by atoms with Gasteiger partial charge in [0.05, 0.1) is 26.3 Å². The normalized spacial score (nSPS) is 19.9. The smallest absolute Gasteiger partial charge is 0.194 e. The zero-order valence-electron chi connectivity index (χ0n) is 18.1. The van der Waals surface area contributed by atoms with Crippen LogP contribution in [0.4, 0.5) is 0 Å². The van der Waals surface area contributed by atoms with Crippen LogP contribution in [0, 0.1) is 6.92 Å². The molecule has 1 saturated carbocycles. The molecule has 1 aromatic rings. The predicted molar refractivity (Wildman–Crippen MR) is 129 cm³/mol. The Kier molecular flexibility index (Phi) is 10.7. The van der Waals surface area contributed by atoms with Gasteiger partial charge in [-0.2, -0.15) is 0 Å². The summed E-state index contributed by atoms with van der Waals surface area (Å²) in [6, 6.07) is 9.25. The molecule has 3 rings (SSSR count). The van der Waals surface area contributed by atoms with Crippen LogP contribution in [-0.4, -0.2) is 81.4 Å². The number of morpholine rings is 1. The summed E-state index contributed by atoms with van der Waals surface area (Å²) in [7, 11) is 1.77. The van der Waals surface area contributed by atoms with Crippen LogP contribution in [0.15, 0.2) is 29.3 Å². The molecule has 6 nitrogen and oxygen atoms in total. The van der Waals surface area contributed by atoms with Gasteiger partial charge in [-0.05, 0) is 37.8 Å². The number of halogens is 1. The second-order valence-electron chi connectivity index (χ2n) is 7.66. The summed E-state index contributed by atoms with van der Waals surface area (Å²) < 4.78 is 11.3. The minimum Gasteiger partial charge on any atom is -0.383 e. The standard InChI is InChI=1S/C22H36N4O2.HI/c1-4-23-22(24-11-12-25(13-15-27-3)19-9-10-19)26-14-16-28-21(17-26)20-8-6-5-7-18(20)2;/h5-8,19,21H,4,9-17H2,1-3H3,(H,23,24);1H. The zero-order chi connectivity index (χ0) is 19.8. The average molecular weight is 516 g/mol. The van der Waals surface area contributed by atoms with Crippen LogP contribution < -0.4 is 5.32 Å². The van der Waals surface area contributed by atoms with E-state index in [1.165, 1.54) is 24.0 Å². The number of aryl methyl sites for hydroxylation is 1. The number of ether oxygens (including phenoxy) is 2. The van der Waals surface area contributed by atoms with Crippen molar-refractivity contribution in [2.24, 2.45) is 4.99 Å². The van der Waals surface area contributed by atoms with Gasteiger partial charge in [-0.1, -0.05) is 24.3 Å². The van der Waals surface area contributed by atoms with Crippen LogP contribution in [0.25, 0.3) is 0 Å². The molecule has 2 aliphatic rings. The number of benzene rings is 1. The first-order valence-electron chi connectivity index (χ1n) is 10.7. The van der Waals surface area contributed by atoms with E-state index in [1.807, 2.05) is 0 Å². The number of rotatable bonds is 9. The van der Waals surface area contributed by atoms with Gasteiger partial charge in [0.15, 0.2) is 5.96 Å². The van der Waals surface area contributed by atoms with Gasteiger partial charge in [-0.3, -0.25) is 9.89 Å². The van der Waals surface area contributed by atoms with Crippen LogP contribution >= 0.6 is 24.0 Å². The first kappa shape index (κ1) is 24.4. The average Bonchev–Trinajstić information content (AvgIpc) is 3.55. The fraction of sp³-hybridized carbons (Fsp3) is 0.682. The van der Waals surface area contributed by atoms with Crippen molar-refractivity contribution in [3.05, 3.63) is 35.4 Å². The highest BCUT2D eigenvalue weighted by Gasteiger charge is 2.28. The highest BCUT2D eigenvalue weighted by Crippen LogP contribution is 2.26. The number of hydrogen-bond donors (Lipinski definition) is 1. The first-order valence-corrected chi connectivity index (χ1v) is 10.7. The highest BCUT2D eigenvalue weighted by molar-refractivity contribution is 14.0. The van der Waals surface area contributed by atoms with E-state index < -0.39 is 0 Å². The number of aliphatic imine (C=N–C) groups is 1. The lowest BCUT2D eigenvalue weighted by molar-refractivity contribution is -0.00834. The molecule has 7 heteroatoms. The Morgan fingerprint density at radius 3 is 2.79 bits per heavy atom. The third-order valence-electron chi connectivity index (χ3n) is 5.53. The zero-order valence-corrected chi connectivity index (χ0v) is 20.4. The van der Waals surface area contributed by atoms with Gasteiger partial charge < -0.3 is 19.7 Å². The lowest BCUT2D eigenvalue weighted by Crippen LogP contribution is -2.48. The Labute approximate surface area is 193 Å². The quantitative estimate of drug-likeness (QED) is 0.311. The van der Waals surface area contributed by atoms with E-state index in [4.69, 9.17) is 14.5 Å². The van der Waals surface area contributed by atoms with E-state index in [0.29, 0.717) is 0 Å². The molecule has 1 saturated heterocycles. The summed E-state index contributed by atoms with van der Waals surface area (Å²) in [6.45, 7) is 11.2. The van der Waals surface area contributed by atoms with Gasteiger partial charge in [0.1, 0.15) is 6.10 Å². The molecule has 1 aromatic carbocycles. The predicted octanol–water partition coefficient (Wildman–Crippen LogP) is 3.06. The SMILES string of the molecule is CCNC(=NCCN(CCOC)C1CC1)N1CCOC(c2ccccc2C)C1.I. The Morgan fingerprint density at radius 1 is 1.31 bits per heavy atom. The number of methoxy groups -OCH3 is 1. The number of hydrogen-bond acceptors (Lipinski definition) is 4. The van der Waals surface area contributed by atoms with Crippen molar-refractivity contribution in [1.29, 1.82) is 0 Å². The molecule has 0 radical (unpaired) electrons. The first-order chi connectivity index (χ1) is 13.7. The summed E-state index contributed by atoms with van der Waals surface area (Å²) in [5.74, 6) is 1.01. The minimum absolute atomic E-state index is 0. The number of guanidine groups is 1. The van der Waals surface area contributed by atoms with Crippen LogP contribution in [0.1, 0.15) is 37.0 Å². The number of nitrogens with zero attached hydrogens (tertiary/aromatic N) is 3. The molecule has 164 valence electrons. The van der Waals surface area contributed by atoms with Gasteiger partial charge in [0, 0.05) is 39.3 Å². The van der Waals surface area contributed by atoms with Crippen LogP contribution in [0.2, 0.25) is 0 Å². The fourth-order valence-corrected chi connectivity index (χ4v) is 3.81. The largest absolute Gasteiger partial charge is 0.383 e. The van der Waals surface area contributed by atoms with E-state index >= 15 is 0 Å². The summed E-state index contributed by atoms with van der Waals surface area (Å²) in [5, 5.41) is 3.48. The summed E-state index contributed by atoms with van der Waals surface area (Å²) >= 11 is 0. The Bertz CT molecular complexity index is 639. The summed E-state index contributed by atoms with van der Waals surface area (Å²) in [5.41, 5.74) is 2.57. The van der Waals surface area contributed by atoms with E-state index in [0.717, 1.165) is 64.5 Å². The Hall–Kier alpha value is -0.900. The fourth-order valence-electron chi connectivity index (χ4n) is 3.81. The van der Waals surface area contributed by atoms with Gasteiger partial charge >= 0.3 is 0 Å². The van der Waals surface area contributed by atoms with Crippen molar-refractivity contribution in [3.63, 3.8) is 0 Å². The van der Waals surface area contributed by atoms with Gasteiger partial charge in [0.25, 0.3) is 0 Å². The van der Waals surface area contributed by atoms with Gasteiger partial charge in [-0.25, -0.2) is 0 Å². The maximum absolute atomic E-state index is 6.08. The van der Waals surface area contributed by atoms with E-state index in [9.17, 15) is 0 Å². The second kappa shape index (κ2) is 12.7. The van der Waals surface area contributed by atoms with Crippen molar-refractivity contribution < 1.29 is 9.47 Å². The molecule has 0 spiro atoms. The third-order valence-corrected chi connectivity index (χ3v) is 5.53. The van der Waals surface area contributed by atoms with E-state index in [-0.39, 0.29) is 30.1 Å². The topological polar surface area (TPSA) is 49.3 Å². The maximum Gasteiger partial charge on any atom is 0.194 e. The molecule has 1 aliphatic heterocycles. The maximum atomic E-state index is 6.08. The molecule has 0 bridgehead atoms. The highest BCUT2D eigenvalue weighted by atomic mass is 127. The van der Waals surface area contributed by atoms with E-state index in [1.54, 1.807) is 7.11 Å². The van der Waals surface area contributed by atoms with Crippen molar-refractivity contribution >= 4 is 29.9 Å². The van der Waals surface area contributed by atoms with Crippen molar-refractivity contribution in [1.82, 2.24) is 15.1 Å². The molecule has 0 amide bonds. The summed E-state index contributed by atoms with van der Waals surface area (Å²) in [4.78, 5) is 9.81. The molecule has 2 fully saturated rings. The molecular weight excluding hydrogens is 479 g/mol. The van der Waals surface area contributed by atoms with Gasteiger partial charge in [-0.15, -0.1) is 24.0 Å². The Morgan fingerprint density at radius 2 is 2.10 bits per heavy atom. The lowest BCUT2D eigenvalue weighted by Gasteiger charge is -2.36. The molecule has 1 aliphatic carbocycles.